The molecule has 0 spiro atoms. The van der Waals surface area contributed by atoms with E-state index in [1.54, 1.807) is 14.2 Å². The Bertz CT molecular complexity index is 819. The summed E-state index contributed by atoms with van der Waals surface area (Å²) in [5.74, 6) is 1.24. The van der Waals surface area contributed by atoms with Crippen molar-refractivity contribution in [3.05, 3.63) is 47.5 Å². The molecule has 0 aliphatic carbocycles. The molecule has 1 unspecified atom stereocenters. The van der Waals surface area contributed by atoms with Gasteiger partial charge < -0.3 is 19.7 Å². The summed E-state index contributed by atoms with van der Waals surface area (Å²) in [7, 11) is 5.34. The predicted octanol–water partition coefficient (Wildman–Crippen LogP) is 3.90. The molecule has 0 saturated heterocycles. The molecule has 0 fully saturated rings. The number of anilines is 2. The van der Waals surface area contributed by atoms with E-state index in [4.69, 9.17) is 9.47 Å². The van der Waals surface area contributed by atoms with E-state index < -0.39 is 0 Å². The largest absolute Gasteiger partial charge is 0.493 e. The minimum Gasteiger partial charge on any atom is -0.493 e. The number of fused-ring (bicyclic) bond motifs is 1. The molecular weight excluding hydrogens is 340 g/mol. The van der Waals surface area contributed by atoms with Crippen molar-refractivity contribution in [2.24, 2.45) is 5.92 Å². The van der Waals surface area contributed by atoms with Crippen LogP contribution in [0.4, 0.5) is 11.4 Å². The van der Waals surface area contributed by atoms with Gasteiger partial charge in [-0.25, -0.2) is 0 Å². The molecule has 0 bridgehead atoms. The molecule has 1 aliphatic rings. The molecule has 2 aromatic rings. The van der Waals surface area contributed by atoms with Gasteiger partial charge in [-0.1, -0.05) is 13.0 Å². The molecule has 0 radical (unpaired) electrons. The Morgan fingerprint density at radius 2 is 1.93 bits per heavy atom. The Balaban J connectivity index is 1.66. The summed E-state index contributed by atoms with van der Waals surface area (Å²) in [5, 5.41) is 3.06. The fraction of sp³-hybridized carbons (Fsp3) is 0.409. The number of methoxy groups -OCH3 is 2. The molecule has 1 atom stereocenters. The van der Waals surface area contributed by atoms with Crippen molar-refractivity contribution in [2.75, 3.05) is 38.0 Å². The lowest BCUT2D eigenvalue weighted by Crippen LogP contribution is -2.25. The number of aryl methyl sites for hydroxylation is 1. The van der Waals surface area contributed by atoms with Crippen molar-refractivity contribution in [3.63, 3.8) is 0 Å². The summed E-state index contributed by atoms with van der Waals surface area (Å²) in [6.45, 7) is 3.03. The van der Waals surface area contributed by atoms with Gasteiger partial charge in [-0.3, -0.25) is 4.79 Å². The van der Waals surface area contributed by atoms with Crippen LogP contribution in [0, 0.1) is 5.92 Å². The average molecular weight is 368 g/mol. The highest BCUT2D eigenvalue weighted by Crippen LogP contribution is 2.30. The van der Waals surface area contributed by atoms with Crippen LogP contribution >= 0.6 is 0 Å². The van der Waals surface area contributed by atoms with Gasteiger partial charge in [0.15, 0.2) is 11.5 Å². The van der Waals surface area contributed by atoms with Crippen molar-refractivity contribution in [1.82, 2.24) is 0 Å². The van der Waals surface area contributed by atoms with Crippen LogP contribution in [0.5, 0.6) is 11.5 Å². The Kier molecular flexibility index (Phi) is 5.89. The van der Waals surface area contributed by atoms with Crippen molar-refractivity contribution in [1.29, 1.82) is 0 Å². The molecule has 5 nitrogen and oxygen atoms in total. The van der Waals surface area contributed by atoms with Crippen molar-refractivity contribution in [2.45, 2.75) is 26.2 Å². The van der Waals surface area contributed by atoms with E-state index in [0.29, 0.717) is 17.9 Å². The molecule has 1 amide bonds. The van der Waals surface area contributed by atoms with E-state index in [1.165, 1.54) is 11.3 Å². The molecule has 0 saturated carbocycles. The number of ether oxygens (including phenoxy) is 2. The number of amides is 1. The Labute approximate surface area is 161 Å². The first-order valence-corrected chi connectivity index (χ1v) is 9.37. The van der Waals surface area contributed by atoms with E-state index in [-0.39, 0.29) is 11.8 Å². The zero-order chi connectivity index (χ0) is 19.4. The highest BCUT2D eigenvalue weighted by Gasteiger charge is 2.17. The van der Waals surface area contributed by atoms with Crippen LogP contribution in [-0.4, -0.2) is 33.7 Å². The standard InChI is InChI=1S/C22H28N2O3/c1-15(12-16-7-10-20(26-3)21(13-16)27-4)22(25)23-18-8-9-19-17(14-18)6-5-11-24(19)2/h7-10,13-15H,5-6,11-12H2,1-4H3,(H,23,25). The molecule has 27 heavy (non-hydrogen) atoms. The van der Waals surface area contributed by atoms with Gasteiger partial charge in [-0.15, -0.1) is 0 Å². The zero-order valence-corrected chi connectivity index (χ0v) is 16.5. The van der Waals surface area contributed by atoms with Crippen LogP contribution in [0.1, 0.15) is 24.5 Å². The van der Waals surface area contributed by atoms with E-state index in [0.717, 1.165) is 30.6 Å². The maximum atomic E-state index is 12.6. The van der Waals surface area contributed by atoms with Gasteiger partial charge in [-0.2, -0.15) is 0 Å². The molecular formula is C22H28N2O3. The number of carbonyl (C=O) groups excluding carboxylic acids is 1. The second-order valence-electron chi connectivity index (χ2n) is 7.15. The van der Waals surface area contributed by atoms with Crippen molar-refractivity contribution < 1.29 is 14.3 Å². The number of benzene rings is 2. The summed E-state index contributed by atoms with van der Waals surface area (Å²) in [6.07, 6.45) is 2.85. The van der Waals surface area contributed by atoms with Crippen LogP contribution < -0.4 is 19.7 Å². The molecule has 1 heterocycles. The van der Waals surface area contributed by atoms with Gasteiger partial charge >= 0.3 is 0 Å². The van der Waals surface area contributed by atoms with Gasteiger partial charge in [0.1, 0.15) is 0 Å². The number of nitrogens with one attached hydrogen (secondary N) is 1. The Morgan fingerprint density at radius 3 is 2.67 bits per heavy atom. The third kappa shape index (κ3) is 4.35. The summed E-state index contributed by atoms with van der Waals surface area (Å²) in [4.78, 5) is 14.9. The molecule has 3 rings (SSSR count). The predicted molar refractivity (Wildman–Crippen MR) is 109 cm³/mol. The van der Waals surface area contributed by atoms with Crippen LogP contribution in [0.15, 0.2) is 36.4 Å². The van der Waals surface area contributed by atoms with Crippen LogP contribution in [-0.2, 0) is 17.6 Å². The molecule has 1 aliphatic heterocycles. The lowest BCUT2D eigenvalue weighted by atomic mass is 9.99. The van der Waals surface area contributed by atoms with E-state index in [9.17, 15) is 4.79 Å². The first-order valence-electron chi connectivity index (χ1n) is 9.37. The number of hydrogen-bond acceptors (Lipinski definition) is 4. The van der Waals surface area contributed by atoms with E-state index in [2.05, 4.69) is 29.4 Å². The Hall–Kier alpha value is -2.69. The third-order valence-corrected chi connectivity index (χ3v) is 5.14. The quantitative estimate of drug-likeness (QED) is 0.840. The fourth-order valence-electron chi connectivity index (χ4n) is 3.58. The monoisotopic (exact) mass is 368 g/mol. The molecule has 0 aromatic heterocycles. The minimum atomic E-state index is -0.151. The smallest absolute Gasteiger partial charge is 0.227 e. The summed E-state index contributed by atoms with van der Waals surface area (Å²) in [6, 6.07) is 12.0. The second kappa shape index (κ2) is 8.33. The summed E-state index contributed by atoms with van der Waals surface area (Å²) in [5.41, 5.74) is 4.47. The van der Waals surface area contributed by atoms with E-state index >= 15 is 0 Å². The Morgan fingerprint density at radius 1 is 1.15 bits per heavy atom. The number of hydrogen-bond donors (Lipinski definition) is 1. The summed E-state index contributed by atoms with van der Waals surface area (Å²) >= 11 is 0. The van der Waals surface area contributed by atoms with E-state index in [1.807, 2.05) is 31.2 Å². The molecule has 5 heteroatoms. The van der Waals surface area contributed by atoms with Gasteiger partial charge in [0.2, 0.25) is 5.91 Å². The normalized spacial score (nSPS) is 14.3. The summed E-state index contributed by atoms with van der Waals surface area (Å²) < 4.78 is 10.6. The van der Waals surface area contributed by atoms with Crippen LogP contribution in [0.3, 0.4) is 0 Å². The number of nitrogens with zero attached hydrogens (tertiary/aromatic N) is 1. The molecule has 2 aromatic carbocycles. The SMILES string of the molecule is COc1ccc(CC(C)C(=O)Nc2ccc3c(c2)CCCN3C)cc1OC. The van der Waals surface area contributed by atoms with Crippen molar-refractivity contribution >= 4 is 17.3 Å². The molecule has 1 N–H and O–H groups in total. The van der Waals surface area contributed by atoms with Gasteiger partial charge in [0, 0.05) is 30.9 Å². The first kappa shape index (κ1) is 19.1. The molecule has 144 valence electrons. The first-order chi connectivity index (χ1) is 13.0. The highest BCUT2D eigenvalue weighted by molar-refractivity contribution is 5.93. The lowest BCUT2D eigenvalue weighted by Gasteiger charge is -2.28. The van der Waals surface area contributed by atoms with Gasteiger partial charge in [0.05, 0.1) is 14.2 Å². The van der Waals surface area contributed by atoms with Crippen LogP contribution in [0.25, 0.3) is 0 Å². The number of rotatable bonds is 6. The second-order valence-corrected chi connectivity index (χ2v) is 7.15. The average Bonchev–Trinajstić information content (AvgIpc) is 2.67. The van der Waals surface area contributed by atoms with Gasteiger partial charge in [-0.05, 0) is 60.7 Å². The maximum absolute atomic E-state index is 12.6. The fourth-order valence-corrected chi connectivity index (χ4v) is 3.58. The van der Waals surface area contributed by atoms with Crippen molar-refractivity contribution in [3.8, 4) is 11.5 Å². The van der Waals surface area contributed by atoms with Gasteiger partial charge in [0.25, 0.3) is 0 Å². The highest BCUT2D eigenvalue weighted by atomic mass is 16.5. The van der Waals surface area contributed by atoms with Crippen LogP contribution in [0.2, 0.25) is 0 Å². The third-order valence-electron chi connectivity index (χ3n) is 5.14. The number of carbonyl (C=O) groups is 1. The minimum absolute atomic E-state index is 0.0221. The maximum Gasteiger partial charge on any atom is 0.227 e. The topological polar surface area (TPSA) is 50.8 Å². The zero-order valence-electron chi connectivity index (χ0n) is 16.5. The lowest BCUT2D eigenvalue weighted by molar-refractivity contribution is -0.119.